The van der Waals surface area contributed by atoms with Crippen molar-refractivity contribution in [3.8, 4) is 0 Å². The molecule has 0 amide bonds. The maximum atomic E-state index is 3.89. The minimum atomic E-state index is 0.0620. The van der Waals surface area contributed by atoms with Gasteiger partial charge in [0.25, 0.3) is 0 Å². The molecule has 10 heavy (non-hydrogen) atoms. The lowest BCUT2D eigenvalue weighted by molar-refractivity contribution is 0.386. The molecule has 0 rings (SSSR count). The van der Waals surface area contributed by atoms with Crippen LogP contribution < -0.4 is 0 Å². The Morgan fingerprint density at radius 3 is 2.40 bits per heavy atom. The SMILES string of the molecule is C=CN=CN(C)C(C)(C)P. The molecule has 0 saturated carbocycles. The summed E-state index contributed by atoms with van der Waals surface area (Å²) in [5.41, 5.74) is 0. The molecular weight excluding hydrogens is 143 g/mol. The normalized spacial score (nSPS) is 12.0. The van der Waals surface area contributed by atoms with Crippen molar-refractivity contribution >= 4 is 15.6 Å². The summed E-state index contributed by atoms with van der Waals surface area (Å²) in [6.07, 6.45) is 3.27. The Hall–Kier alpha value is -0.360. The van der Waals surface area contributed by atoms with Crippen molar-refractivity contribution in [1.29, 1.82) is 0 Å². The van der Waals surface area contributed by atoms with E-state index in [0.29, 0.717) is 0 Å². The van der Waals surface area contributed by atoms with Crippen LogP contribution in [0.5, 0.6) is 0 Å². The molecule has 0 spiro atoms. The Balaban J connectivity index is 3.96. The van der Waals surface area contributed by atoms with Crippen LogP contribution in [0.15, 0.2) is 17.8 Å². The molecule has 0 aromatic heterocycles. The monoisotopic (exact) mass is 158 g/mol. The van der Waals surface area contributed by atoms with Crippen molar-refractivity contribution in [3.05, 3.63) is 12.8 Å². The van der Waals surface area contributed by atoms with Gasteiger partial charge >= 0.3 is 0 Å². The fourth-order valence-electron chi connectivity index (χ4n) is 0.296. The quantitative estimate of drug-likeness (QED) is 0.347. The molecule has 2 nitrogen and oxygen atoms in total. The smallest absolute Gasteiger partial charge is 0.0909 e. The average molecular weight is 158 g/mol. The zero-order valence-corrected chi connectivity index (χ0v) is 7.99. The van der Waals surface area contributed by atoms with Crippen LogP contribution in [0.4, 0.5) is 0 Å². The Kier molecular flexibility index (Phi) is 3.59. The molecule has 0 fully saturated rings. The van der Waals surface area contributed by atoms with Crippen LogP contribution in [0, 0.1) is 0 Å². The van der Waals surface area contributed by atoms with Gasteiger partial charge in [-0.15, -0.1) is 9.24 Å². The van der Waals surface area contributed by atoms with E-state index in [-0.39, 0.29) is 5.28 Å². The zero-order chi connectivity index (χ0) is 8.20. The third kappa shape index (κ3) is 3.62. The second-order valence-corrected chi connectivity index (χ2v) is 4.12. The van der Waals surface area contributed by atoms with Crippen molar-refractivity contribution in [2.75, 3.05) is 7.05 Å². The van der Waals surface area contributed by atoms with Gasteiger partial charge in [-0.1, -0.05) is 6.58 Å². The molecule has 58 valence electrons. The lowest BCUT2D eigenvalue weighted by Gasteiger charge is -2.29. The standard InChI is InChI=1S/C7H15N2P/c1-5-8-6-9(4)7(2,3)10/h5-6H,1,10H2,2-4H3. The molecule has 0 N–H and O–H groups in total. The van der Waals surface area contributed by atoms with Crippen molar-refractivity contribution in [2.24, 2.45) is 4.99 Å². The summed E-state index contributed by atoms with van der Waals surface area (Å²) >= 11 is 0. The van der Waals surface area contributed by atoms with Crippen LogP contribution >= 0.6 is 9.24 Å². The van der Waals surface area contributed by atoms with Gasteiger partial charge in [0.1, 0.15) is 0 Å². The van der Waals surface area contributed by atoms with E-state index in [1.807, 2.05) is 11.9 Å². The highest BCUT2D eigenvalue weighted by Gasteiger charge is 2.12. The summed E-state index contributed by atoms with van der Waals surface area (Å²) in [7, 11) is 4.70. The fraction of sp³-hybridized carbons (Fsp3) is 0.571. The van der Waals surface area contributed by atoms with Gasteiger partial charge in [-0.3, -0.25) is 0 Å². The van der Waals surface area contributed by atoms with Crippen molar-refractivity contribution < 1.29 is 0 Å². The molecule has 0 aliphatic carbocycles. The minimum Gasteiger partial charge on any atom is -0.357 e. The molecule has 0 radical (unpaired) electrons. The highest BCUT2D eigenvalue weighted by atomic mass is 31.0. The number of nitrogens with zero attached hydrogens (tertiary/aromatic N) is 2. The first-order valence-electron chi connectivity index (χ1n) is 3.14. The van der Waals surface area contributed by atoms with Gasteiger partial charge in [0.15, 0.2) is 0 Å². The highest BCUT2D eigenvalue weighted by molar-refractivity contribution is 7.18. The van der Waals surface area contributed by atoms with E-state index in [2.05, 4.69) is 34.7 Å². The molecule has 3 heteroatoms. The first kappa shape index (κ1) is 9.64. The lowest BCUT2D eigenvalue weighted by Crippen LogP contribution is -2.33. The number of aliphatic imine (C=N–C) groups is 1. The fourth-order valence-corrected chi connectivity index (χ4v) is 0.363. The van der Waals surface area contributed by atoms with Crippen LogP contribution in [0.25, 0.3) is 0 Å². The second kappa shape index (κ2) is 3.72. The summed E-state index contributed by atoms with van der Waals surface area (Å²) in [4.78, 5) is 5.89. The molecule has 1 unspecified atom stereocenters. The van der Waals surface area contributed by atoms with Crippen LogP contribution in [0.1, 0.15) is 13.8 Å². The number of rotatable bonds is 3. The summed E-state index contributed by atoms with van der Waals surface area (Å²) in [5, 5.41) is 0.0620. The van der Waals surface area contributed by atoms with E-state index < -0.39 is 0 Å². The Bertz CT molecular complexity index is 135. The molecule has 0 aromatic carbocycles. The Morgan fingerprint density at radius 2 is 2.10 bits per heavy atom. The van der Waals surface area contributed by atoms with E-state index in [1.165, 1.54) is 6.20 Å². The summed E-state index contributed by atoms with van der Waals surface area (Å²) < 4.78 is 0. The van der Waals surface area contributed by atoms with E-state index in [1.54, 1.807) is 6.34 Å². The predicted octanol–water partition coefficient (Wildman–Crippen LogP) is 1.70. The first-order valence-corrected chi connectivity index (χ1v) is 3.72. The van der Waals surface area contributed by atoms with Crippen molar-refractivity contribution in [2.45, 2.75) is 19.1 Å². The Morgan fingerprint density at radius 1 is 1.60 bits per heavy atom. The van der Waals surface area contributed by atoms with Gasteiger partial charge in [0.2, 0.25) is 0 Å². The van der Waals surface area contributed by atoms with Gasteiger partial charge < -0.3 is 4.90 Å². The molecule has 0 aromatic rings. The van der Waals surface area contributed by atoms with Gasteiger partial charge in [-0.2, -0.15) is 0 Å². The van der Waals surface area contributed by atoms with Gasteiger partial charge in [-0.25, -0.2) is 4.99 Å². The lowest BCUT2D eigenvalue weighted by atomic mass is 10.3. The third-order valence-corrected chi connectivity index (χ3v) is 1.66. The van der Waals surface area contributed by atoms with E-state index >= 15 is 0 Å². The molecule has 0 saturated heterocycles. The highest BCUT2D eigenvalue weighted by Crippen LogP contribution is 2.18. The van der Waals surface area contributed by atoms with Crippen LogP contribution in [-0.2, 0) is 0 Å². The largest absolute Gasteiger partial charge is 0.357 e. The number of hydrogen-bond acceptors (Lipinski definition) is 1. The van der Waals surface area contributed by atoms with Crippen LogP contribution in [0.3, 0.4) is 0 Å². The summed E-state index contributed by atoms with van der Waals surface area (Å²) in [6, 6.07) is 0. The molecule has 0 bridgehead atoms. The van der Waals surface area contributed by atoms with Gasteiger partial charge in [-0.05, 0) is 13.8 Å². The number of hydrogen-bond donors (Lipinski definition) is 0. The average Bonchev–Trinajstić information content (AvgIpc) is 1.80. The first-order chi connectivity index (χ1) is 4.48. The van der Waals surface area contributed by atoms with E-state index in [4.69, 9.17) is 0 Å². The minimum absolute atomic E-state index is 0.0620. The van der Waals surface area contributed by atoms with Crippen molar-refractivity contribution in [1.82, 2.24) is 4.90 Å². The van der Waals surface area contributed by atoms with Crippen LogP contribution in [-0.4, -0.2) is 23.6 Å². The topological polar surface area (TPSA) is 15.6 Å². The Labute approximate surface area is 65.2 Å². The maximum absolute atomic E-state index is 3.89. The molecule has 1 atom stereocenters. The molecule has 0 aliphatic heterocycles. The van der Waals surface area contributed by atoms with Crippen molar-refractivity contribution in [3.63, 3.8) is 0 Å². The zero-order valence-electron chi connectivity index (χ0n) is 6.83. The summed E-state index contributed by atoms with van der Waals surface area (Å²) in [6.45, 7) is 7.66. The second-order valence-electron chi connectivity index (χ2n) is 2.71. The predicted molar refractivity (Wildman–Crippen MR) is 50.2 cm³/mol. The third-order valence-electron chi connectivity index (χ3n) is 1.25. The maximum Gasteiger partial charge on any atom is 0.0909 e. The van der Waals surface area contributed by atoms with E-state index in [9.17, 15) is 0 Å². The van der Waals surface area contributed by atoms with Crippen LogP contribution in [0.2, 0.25) is 0 Å². The molecular formula is C7H15N2P. The summed E-state index contributed by atoms with van der Waals surface area (Å²) in [5.74, 6) is 0. The molecule has 0 heterocycles. The molecule has 0 aliphatic rings. The van der Waals surface area contributed by atoms with Gasteiger partial charge in [0.05, 0.1) is 6.34 Å². The van der Waals surface area contributed by atoms with Gasteiger partial charge in [0, 0.05) is 18.5 Å². The van der Waals surface area contributed by atoms with E-state index in [0.717, 1.165) is 0 Å².